The predicted molar refractivity (Wildman–Crippen MR) is 102 cm³/mol. The summed E-state index contributed by atoms with van der Waals surface area (Å²) in [6, 6.07) is 8.44. The first-order valence-electron chi connectivity index (χ1n) is 8.58. The Hall–Kier alpha value is -2.86. The molecule has 0 saturated carbocycles. The van der Waals surface area contributed by atoms with Gasteiger partial charge in [0.05, 0.1) is 25.7 Å². The average molecular weight is 383 g/mol. The number of hydrogen-bond donors (Lipinski definition) is 0. The van der Waals surface area contributed by atoms with E-state index in [1.165, 1.54) is 24.8 Å². The molecule has 1 atom stereocenters. The first-order valence-corrected chi connectivity index (χ1v) is 9.46. The Morgan fingerprint density at radius 1 is 1.37 bits per heavy atom. The number of methoxy groups -OCH3 is 1. The summed E-state index contributed by atoms with van der Waals surface area (Å²) >= 11 is 1.59. The Morgan fingerprint density at radius 2 is 2.26 bits per heavy atom. The van der Waals surface area contributed by atoms with Crippen molar-refractivity contribution >= 4 is 23.3 Å². The highest BCUT2D eigenvalue weighted by Gasteiger charge is 2.32. The number of hydrogen-bond acceptors (Lipinski definition) is 4. The molecule has 2 aromatic heterocycles. The van der Waals surface area contributed by atoms with E-state index in [-0.39, 0.29) is 17.7 Å². The van der Waals surface area contributed by atoms with E-state index in [9.17, 15) is 9.18 Å². The Labute approximate surface area is 160 Å². The van der Waals surface area contributed by atoms with Gasteiger partial charge in [0.15, 0.2) is 11.6 Å². The third-order valence-corrected chi connectivity index (χ3v) is 5.71. The van der Waals surface area contributed by atoms with Crippen molar-refractivity contribution in [2.45, 2.75) is 12.5 Å². The number of ether oxygens (including phenoxy) is 1. The molecule has 1 amide bonds. The van der Waals surface area contributed by atoms with E-state index >= 15 is 0 Å². The number of amides is 1. The lowest BCUT2D eigenvalue weighted by molar-refractivity contribution is -0.127. The van der Waals surface area contributed by atoms with Crippen LogP contribution in [0, 0.1) is 5.82 Å². The summed E-state index contributed by atoms with van der Waals surface area (Å²) < 4.78 is 24.4. The molecule has 1 aliphatic rings. The largest absolute Gasteiger partial charge is 0.494 e. The highest BCUT2D eigenvalue weighted by molar-refractivity contribution is 7.10. The molecule has 0 saturated heterocycles. The monoisotopic (exact) mass is 383 g/mol. The maximum atomic E-state index is 14.3. The molecule has 0 radical (unpaired) electrons. The van der Waals surface area contributed by atoms with Crippen LogP contribution in [-0.2, 0) is 11.2 Å². The topological polar surface area (TPSA) is 42.7 Å². The summed E-state index contributed by atoms with van der Waals surface area (Å²) in [5.41, 5.74) is 2.77. The van der Waals surface area contributed by atoms with E-state index in [4.69, 9.17) is 9.15 Å². The molecule has 3 heterocycles. The zero-order valence-electron chi connectivity index (χ0n) is 14.7. The second kappa shape index (κ2) is 7.40. The number of rotatable bonds is 4. The molecule has 3 aromatic rings. The van der Waals surface area contributed by atoms with E-state index < -0.39 is 5.82 Å². The molecule has 0 spiro atoms. The van der Waals surface area contributed by atoms with Crippen molar-refractivity contribution in [3.8, 4) is 5.75 Å². The van der Waals surface area contributed by atoms with Gasteiger partial charge in [0, 0.05) is 23.1 Å². The summed E-state index contributed by atoms with van der Waals surface area (Å²) in [5.74, 6) is -0.352. The third-order valence-electron chi connectivity index (χ3n) is 4.70. The molecule has 0 bridgehead atoms. The van der Waals surface area contributed by atoms with E-state index in [1.54, 1.807) is 47.0 Å². The number of furan rings is 1. The third kappa shape index (κ3) is 3.40. The minimum absolute atomic E-state index is 0.114. The molecule has 0 aliphatic carbocycles. The van der Waals surface area contributed by atoms with Gasteiger partial charge in [-0.05, 0) is 53.3 Å². The second-order valence-electron chi connectivity index (χ2n) is 6.28. The zero-order valence-corrected chi connectivity index (χ0v) is 15.5. The molecule has 1 aromatic carbocycles. The molecule has 138 valence electrons. The lowest BCUT2D eigenvalue weighted by Gasteiger charge is -2.35. The molecule has 0 fully saturated rings. The van der Waals surface area contributed by atoms with Crippen LogP contribution in [0.15, 0.2) is 58.7 Å². The van der Waals surface area contributed by atoms with Crippen molar-refractivity contribution in [2.24, 2.45) is 0 Å². The molecule has 6 heteroatoms. The molecule has 0 N–H and O–H groups in total. The van der Waals surface area contributed by atoms with Crippen LogP contribution in [0.25, 0.3) is 6.08 Å². The van der Waals surface area contributed by atoms with Gasteiger partial charge in [-0.15, -0.1) is 11.3 Å². The first kappa shape index (κ1) is 17.5. The summed E-state index contributed by atoms with van der Waals surface area (Å²) in [6.07, 6.45) is 7.19. The molecule has 1 unspecified atom stereocenters. The standard InChI is InChI=1S/C21H18FNO3S/c1-25-18-4-3-16(12-17(18)22)20-21-15(8-11-27-21)6-9-23(20)19(24)5-2-14-7-10-26-13-14/h2-5,7-8,10-13,20H,6,9H2,1H3/b5-2+. The smallest absolute Gasteiger partial charge is 0.247 e. The molecular weight excluding hydrogens is 365 g/mol. The van der Waals surface area contributed by atoms with Crippen molar-refractivity contribution in [1.82, 2.24) is 4.90 Å². The van der Waals surface area contributed by atoms with Gasteiger partial charge in [-0.3, -0.25) is 4.79 Å². The van der Waals surface area contributed by atoms with Crippen molar-refractivity contribution in [2.75, 3.05) is 13.7 Å². The van der Waals surface area contributed by atoms with Crippen LogP contribution in [0.4, 0.5) is 4.39 Å². The van der Waals surface area contributed by atoms with Gasteiger partial charge >= 0.3 is 0 Å². The average Bonchev–Trinajstić information content (AvgIpc) is 3.36. The van der Waals surface area contributed by atoms with Gasteiger partial charge in [0.2, 0.25) is 5.91 Å². The molecule has 4 rings (SSSR count). The van der Waals surface area contributed by atoms with E-state index in [2.05, 4.69) is 6.07 Å². The van der Waals surface area contributed by atoms with Gasteiger partial charge in [0.1, 0.15) is 0 Å². The second-order valence-corrected chi connectivity index (χ2v) is 7.23. The van der Waals surface area contributed by atoms with E-state index in [0.717, 1.165) is 22.4 Å². The van der Waals surface area contributed by atoms with Crippen molar-refractivity contribution in [3.05, 3.63) is 81.7 Å². The fraction of sp³-hybridized carbons (Fsp3) is 0.190. The predicted octanol–water partition coefficient (Wildman–Crippen LogP) is 4.68. The van der Waals surface area contributed by atoms with Crippen molar-refractivity contribution in [3.63, 3.8) is 0 Å². The molecule has 1 aliphatic heterocycles. The minimum atomic E-state index is -0.431. The fourth-order valence-corrected chi connectivity index (χ4v) is 4.45. The van der Waals surface area contributed by atoms with Crippen LogP contribution in [0.2, 0.25) is 0 Å². The van der Waals surface area contributed by atoms with Gasteiger partial charge in [-0.25, -0.2) is 4.39 Å². The normalized spacial score (nSPS) is 16.5. The summed E-state index contributed by atoms with van der Waals surface area (Å²) in [7, 11) is 1.44. The van der Waals surface area contributed by atoms with Crippen LogP contribution in [-0.4, -0.2) is 24.5 Å². The van der Waals surface area contributed by atoms with Gasteiger partial charge < -0.3 is 14.1 Å². The van der Waals surface area contributed by atoms with Crippen molar-refractivity contribution < 1.29 is 18.3 Å². The fourth-order valence-electron chi connectivity index (χ4n) is 3.36. The summed E-state index contributed by atoms with van der Waals surface area (Å²) in [5, 5.41) is 2.02. The SMILES string of the molecule is COc1ccc(C2c3sccc3CCN2C(=O)/C=C/c2ccoc2)cc1F. The molecular formula is C21H18FNO3S. The van der Waals surface area contributed by atoms with E-state index in [0.29, 0.717) is 6.54 Å². The van der Waals surface area contributed by atoms with Gasteiger partial charge in [0.25, 0.3) is 0 Å². The number of benzene rings is 1. The minimum Gasteiger partial charge on any atom is -0.494 e. The number of halogens is 1. The zero-order chi connectivity index (χ0) is 18.8. The lowest BCUT2D eigenvalue weighted by atomic mass is 9.95. The Bertz CT molecular complexity index is 977. The maximum Gasteiger partial charge on any atom is 0.247 e. The van der Waals surface area contributed by atoms with Crippen LogP contribution in [0.3, 0.4) is 0 Å². The Morgan fingerprint density at radius 3 is 3.00 bits per heavy atom. The van der Waals surface area contributed by atoms with E-state index in [1.807, 2.05) is 11.4 Å². The van der Waals surface area contributed by atoms with Gasteiger partial charge in [-0.2, -0.15) is 0 Å². The maximum absolute atomic E-state index is 14.3. The lowest BCUT2D eigenvalue weighted by Crippen LogP contribution is -2.39. The van der Waals surface area contributed by atoms with Crippen LogP contribution < -0.4 is 4.74 Å². The highest BCUT2D eigenvalue weighted by Crippen LogP contribution is 2.39. The van der Waals surface area contributed by atoms with Crippen LogP contribution in [0.5, 0.6) is 5.75 Å². The number of fused-ring (bicyclic) bond motifs is 1. The summed E-state index contributed by atoms with van der Waals surface area (Å²) in [6.45, 7) is 0.580. The highest BCUT2D eigenvalue weighted by atomic mass is 32.1. The summed E-state index contributed by atoms with van der Waals surface area (Å²) in [4.78, 5) is 15.8. The Balaban J connectivity index is 1.70. The number of thiophene rings is 1. The quantitative estimate of drug-likeness (QED) is 0.615. The first-order chi connectivity index (χ1) is 13.2. The van der Waals surface area contributed by atoms with Gasteiger partial charge in [-0.1, -0.05) is 6.07 Å². The molecule has 4 nitrogen and oxygen atoms in total. The number of carbonyl (C=O) groups is 1. The van der Waals surface area contributed by atoms with Crippen LogP contribution >= 0.6 is 11.3 Å². The van der Waals surface area contributed by atoms with Crippen molar-refractivity contribution in [1.29, 1.82) is 0 Å². The number of nitrogens with zero attached hydrogens (tertiary/aromatic N) is 1. The number of carbonyl (C=O) groups excluding carboxylic acids is 1. The Kier molecular flexibility index (Phi) is 4.81. The molecule has 27 heavy (non-hydrogen) atoms. The van der Waals surface area contributed by atoms with Crippen LogP contribution in [0.1, 0.15) is 27.6 Å².